The molecule has 0 unspecified atom stereocenters. The minimum atomic E-state index is -3.51. The number of rotatable bonds is 7. The lowest BCUT2D eigenvalue weighted by Gasteiger charge is -2.34. The Hall–Kier alpha value is -1.52. The molecule has 1 saturated heterocycles. The number of esters is 1. The number of hydrogen-bond donors (Lipinski definition) is 0. The summed E-state index contributed by atoms with van der Waals surface area (Å²) < 4.78 is 34.7. The second-order valence-corrected chi connectivity index (χ2v) is 8.91. The number of nitrogens with zero attached hydrogens (tertiary/aromatic N) is 2. The van der Waals surface area contributed by atoms with Gasteiger partial charge in [0.25, 0.3) is 5.91 Å². The maximum Gasteiger partial charge on any atom is 0.306 e. The molecule has 0 N–H and O–H groups in total. The van der Waals surface area contributed by atoms with E-state index in [2.05, 4.69) is 25.7 Å². The molecule has 0 bridgehead atoms. The SMILES string of the molecule is CC[C@H]1COCC(=O)N1c1cc(CS(=O)(=O)CCC(=O)OC)cc(Br)n1. The second-order valence-electron chi connectivity index (χ2n) is 5.92. The quantitative estimate of drug-likeness (QED) is 0.459. The third kappa shape index (κ3) is 5.49. The van der Waals surface area contributed by atoms with Crippen LogP contribution < -0.4 is 4.90 Å². The van der Waals surface area contributed by atoms with Gasteiger partial charge in [0.1, 0.15) is 17.0 Å². The average Bonchev–Trinajstić information content (AvgIpc) is 2.58. The molecular weight excluding hydrogens is 428 g/mol. The van der Waals surface area contributed by atoms with Crippen LogP contribution in [0.4, 0.5) is 5.82 Å². The summed E-state index contributed by atoms with van der Waals surface area (Å²) in [6, 6.07) is 3.03. The van der Waals surface area contributed by atoms with Crippen molar-refractivity contribution >= 4 is 43.5 Å². The summed E-state index contributed by atoms with van der Waals surface area (Å²) in [5.74, 6) is -0.961. The largest absolute Gasteiger partial charge is 0.469 e. The molecule has 1 aliphatic rings. The third-order valence-corrected chi connectivity index (χ3v) is 5.97. The number of carbonyl (C=O) groups is 2. The van der Waals surface area contributed by atoms with Crippen LogP contribution in [0.15, 0.2) is 16.7 Å². The summed E-state index contributed by atoms with van der Waals surface area (Å²) in [5, 5.41) is 0. The van der Waals surface area contributed by atoms with Gasteiger partial charge >= 0.3 is 5.97 Å². The number of aromatic nitrogens is 1. The number of amides is 1. The van der Waals surface area contributed by atoms with Gasteiger partial charge in [-0.1, -0.05) is 6.92 Å². The van der Waals surface area contributed by atoms with Gasteiger partial charge in [0, 0.05) is 0 Å². The van der Waals surface area contributed by atoms with Crippen LogP contribution in [-0.2, 0) is 34.7 Å². The first-order valence-corrected chi connectivity index (χ1v) is 10.7. The predicted octanol–water partition coefficient (Wildman–Crippen LogP) is 1.46. The van der Waals surface area contributed by atoms with E-state index in [-0.39, 0.29) is 36.5 Å². The van der Waals surface area contributed by atoms with E-state index in [1.165, 1.54) is 7.11 Å². The first-order chi connectivity index (χ1) is 12.3. The Labute approximate surface area is 160 Å². The Balaban J connectivity index is 2.24. The van der Waals surface area contributed by atoms with Crippen LogP contribution in [0, 0.1) is 0 Å². The molecule has 1 aliphatic heterocycles. The lowest BCUT2D eigenvalue weighted by atomic mass is 10.1. The fourth-order valence-electron chi connectivity index (χ4n) is 2.65. The molecule has 8 nitrogen and oxygen atoms in total. The van der Waals surface area contributed by atoms with Gasteiger partial charge in [0.2, 0.25) is 0 Å². The summed E-state index contributed by atoms with van der Waals surface area (Å²) in [6.45, 7) is 2.32. The van der Waals surface area contributed by atoms with Crippen molar-refractivity contribution in [3.63, 3.8) is 0 Å². The first kappa shape index (κ1) is 20.8. The molecule has 1 fully saturated rings. The van der Waals surface area contributed by atoms with Gasteiger partial charge in [-0.25, -0.2) is 13.4 Å². The van der Waals surface area contributed by atoms with Crippen molar-refractivity contribution in [2.24, 2.45) is 0 Å². The monoisotopic (exact) mass is 448 g/mol. The number of halogens is 1. The first-order valence-electron chi connectivity index (χ1n) is 8.09. The second kappa shape index (κ2) is 8.92. The van der Waals surface area contributed by atoms with Gasteiger partial charge in [-0.2, -0.15) is 0 Å². The van der Waals surface area contributed by atoms with Crippen LogP contribution in [-0.4, -0.2) is 57.4 Å². The van der Waals surface area contributed by atoms with Gasteiger partial charge in [-0.05, 0) is 40.0 Å². The topological polar surface area (TPSA) is 103 Å². The van der Waals surface area contributed by atoms with Crippen molar-refractivity contribution in [1.29, 1.82) is 0 Å². The van der Waals surface area contributed by atoms with Gasteiger partial charge in [0.15, 0.2) is 9.84 Å². The van der Waals surface area contributed by atoms with E-state index in [1.54, 1.807) is 17.0 Å². The number of ether oxygens (including phenoxy) is 2. The molecule has 1 aromatic rings. The molecule has 0 aromatic carbocycles. The van der Waals surface area contributed by atoms with E-state index in [0.717, 1.165) is 0 Å². The Kier molecular flexibility index (Phi) is 7.13. The minimum Gasteiger partial charge on any atom is -0.469 e. The maximum absolute atomic E-state index is 12.3. The molecule has 2 heterocycles. The molecule has 1 atom stereocenters. The van der Waals surface area contributed by atoms with Crippen LogP contribution in [0.25, 0.3) is 0 Å². The molecular formula is C16H21BrN2O6S. The number of carbonyl (C=O) groups excluding carboxylic acids is 2. The van der Waals surface area contributed by atoms with Gasteiger partial charge in [-0.15, -0.1) is 0 Å². The van der Waals surface area contributed by atoms with Crippen molar-refractivity contribution < 1.29 is 27.5 Å². The molecule has 1 aromatic heterocycles. The summed E-state index contributed by atoms with van der Waals surface area (Å²) in [7, 11) is -2.30. The van der Waals surface area contributed by atoms with E-state index in [0.29, 0.717) is 29.0 Å². The Morgan fingerprint density at radius 1 is 1.46 bits per heavy atom. The molecule has 2 rings (SSSR count). The zero-order valence-electron chi connectivity index (χ0n) is 14.6. The summed E-state index contributed by atoms with van der Waals surface area (Å²) in [6.07, 6.45) is 0.491. The molecule has 1 amide bonds. The molecule has 0 aliphatic carbocycles. The van der Waals surface area contributed by atoms with Crippen LogP contribution in [0.1, 0.15) is 25.3 Å². The van der Waals surface area contributed by atoms with Crippen molar-refractivity contribution in [3.05, 3.63) is 22.3 Å². The fourth-order valence-corrected chi connectivity index (χ4v) is 4.43. The van der Waals surface area contributed by atoms with E-state index < -0.39 is 15.8 Å². The third-order valence-electron chi connectivity index (χ3n) is 3.96. The highest BCUT2D eigenvalue weighted by atomic mass is 79.9. The van der Waals surface area contributed by atoms with E-state index in [9.17, 15) is 18.0 Å². The molecule has 0 saturated carbocycles. The zero-order valence-corrected chi connectivity index (χ0v) is 17.0. The highest BCUT2D eigenvalue weighted by Crippen LogP contribution is 2.25. The smallest absolute Gasteiger partial charge is 0.306 e. The minimum absolute atomic E-state index is 0.0303. The van der Waals surface area contributed by atoms with E-state index in [1.807, 2.05) is 6.92 Å². The van der Waals surface area contributed by atoms with Crippen LogP contribution in [0.5, 0.6) is 0 Å². The Morgan fingerprint density at radius 3 is 2.85 bits per heavy atom. The van der Waals surface area contributed by atoms with E-state index in [4.69, 9.17) is 4.74 Å². The molecule has 26 heavy (non-hydrogen) atoms. The number of hydrogen-bond acceptors (Lipinski definition) is 7. The summed E-state index contributed by atoms with van der Waals surface area (Å²) >= 11 is 3.27. The number of sulfone groups is 1. The van der Waals surface area contributed by atoms with Crippen LogP contribution >= 0.6 is 15.9 Å². The lowest BCUT2D eigenvalue weighted by molar-refractivity contribution is -0.140. The highest BCUT2D eigenvalue weighted by molar-refractivity contribution is 9.10. The van der Waals surface area contributed by atoms with Gasteiger partial charge in [0.05, 0.1) is 37.7 Å². The Bertz CT molecular complexity index is 783. The summed E-state index contributed by atoms with van der Waals surface area (Å²) in [5.41, 5.74) is 0.487. The average molecular weight is 449 g/mol. The Morgan fingerprint density at radius 2 is 2.19 bits per heavy atom. The van der Waals surface area contributed by atoms with Crippen molar-refractivity contribution in [1.82, 2.24) is 4.98 Å². The normalized spacial score (nSPS) is 18.0. The number of pyridine rings is 1. The summed E-state index contributed by atoms with van der Waals surface area (Å²) in [4.78, 5) is 29.3. The molecule has 0 spiro atoms. The van der Waals surface area contributed by atoms with E-state index >= 15 is 0 Å². The van der Waals surface area contributed by atoms with Crippen molar-refractivity contribution in [3.8, 4) is 0 Å². The number of methoxy groups -OCH3 is 1. The highest BCUT2D eigenvalue weighted by Gasteiger charge is 2.30. The van der Waals surface area contributed by atoms with Crippen molar-refractivity contribution in [2.75, 3.05) is 31.0 Å². The maximum atomic E-state index is 12.3. The number of anilines is 1. The van der Waals surface area contributed by atoms with Gasteiger partial charge in [-0.3, -0.25) is 14.5 Å². The van der Waals surface area contributed by atoms with Gasteiger partial charge < -0.3 is 9.47 Å². The molecule has 144 valence electrons. The van der Waals surface area contributed by atoms with Crippen molar-refractivity contribution in [2.45, 2.75) is 31.6 Å². The predicted molar refractivity (Wildman–Crippen MR) is 98.4 cm³/mol. The van der Waals surface area contributed by atoms with Crippen LogP contribution in [0.2, 0.25) is 0 Å². The fraction of sp³-hybridized carbons (Fsp3) is 0.562. The zero-order chi connectivity index (χ0) is 19.3. The molecule has 0 radical (unpaired) electrons. The van der Waals surface area contributed by atoms with Crippen LogP contribution in [0.3, 0.4) is 0 Å². The molecule has 10 heteroatoms. The standard InChI is InChI=1S/C16H21BrN2O6S/c1-3-12-8-25-9-15(20)19(12)14-7-11(6-13(17)18-14)10-26(22,23)5-4-16(21)24-2/h6-7,12H,3-5,8-10H2,1-2H3/t12-/m0/s1. The number of morpholine rings is 1. The lowest BCUT2D eigenvalue weighted by Crippen LogP contribution is -2.49.